The molecule has 1 atom stereocenters. The van der Waals surface area contributed by atoms with Crippen LogP contribution in [0, 0.1) is 0 Å². The van der Waals surface area contributed by atoms with Crippen LogP contribution in [0.5, 0.6) is 0 Å². The topological polar surface area (TPSA) is 46.9 Å². The average Bonchev–Trinajstić information content (AvgIpc) is 2.64. The monoisotopic (exact) mass is 223 g/mol. The van der Waals surface area contributed by atoms with E-state index in [0.29, 0.717) is 0 Å². The highest BCUT2D eigenvalue weighted by Gasteiger charge is 2.17. The summed E-state index contributed by atoms with van der Waals surface area (Å²) in [6.07, 6.45) is 5.57. The largest absolute Gasteiger partial charge is 0.352 e. The van der Waals surface area contributed by atoms with E-state index in [1.165, 1.54) is 0 Å². The number of hydrogen-bond donors (Lipinski definition) is 1. The SMILES string of the molecule is CCCc1nccn1C(C)C(=O)NC(C)C. The number of aromatic nitrogens is 2. The Bertz CT molecular complexity index is 344. The smallest absolute Gasteiger partial charge is 0.243 e. The number of carbonyl (C=O) groups excluding carboxylic acids is 1. The summed E-state index contributed by atoms with van der Waals surface area (Å²) in [6.45, 7) is 7.94. The quantitative estimate of drug-likeness (QED) is 0.829. The number of rotatable bonds is 5. The highest BCUT2D eigenvalue weighted by Crippen LogP contribution is 2.11. The third-order valence-electron chi connectivity index (χ3n) is 2.45. The lowest BCUT2D eigenvalue weighted by atomic mass is 10.2. The van der Waals surface area contributed by atoms with Gasteiger partial charge < -0.3 is 9.88 Å². The molecular weight excluding hydrogens is 202 g/mol. The van der Waals surface area contributed by atoms with Gasteiger partial charge in [-0.25, -0.2) is 4.98 Å². The summed E-state index contributed by atoms with van der Waals surface area (Å²) >= 11 is 0. The Hall–Kier alpha value is -1.32. The van der Waals surface area contributed by atoms with Crippen molar-refractivity contribution in [3.8, 4) is 0 Å². The number of hydrogen-bond acceptors (Lipinski definition) is 2. The van der Waals surface area contributed by atoms with Gasteiger partial charge >= 0.3 is 0 Å². The number of imidazole rings is 1. The predicted octanol–water partition coefficient (Wildman–Crippen LogP) is 1.92. The zero-order chi connectivity index (χ0) is 12.1. The Labute approximate surface area is 97.1 Å². The van der Waals surface area contributed by atoms with Gasteiger partial charge in [-0.3, -0.25) is 4.79 Å². The Balaban J connectivity index is 2.75. The molecule has 1 N–H and O–H groups in total. The van der Waals surface area contributed by atoms with Crippen molar-refractivity contribution in [3.63, 3.8) is 0 Å². The van der Waals surface area contributed by atoms with E-state index in [9.17, 15) is 4.79 Å². The van der Waals surface area contributed by atoms with Crippen molar-refractivity contribution in [2.75, 3.05) is 0 Å². The zero-order valence-corrected chi connectivity index (χ0v) is 10.5. The first-order valence-electron chi connectivity index (χ1n) is 5.88. The van der Waals surface area contributed by atoms with Crippen LogP contribution in [0.3, 0.4) is 0 Å². The van der Waals surface area contributed by atoms with E-state index in [1.54, 1.807) is 6.20 Å². The van der Waals surface area contributed by atoms with Crippen LogP contribution in [0.2, 0.25) is 0 Å². The molecule has 0 aromatic carbocycles. The molecule has 0 saturated heterocycles. The standard InChI is InChI=1S/C12H21N3O/c1-5-6-11-13-7-8-15(11)10(4)12(16)14-9(2)3/h7-10H,5-6H2,1-4H3,(H,14,16). The second-order valence-electron chi connectivity index (χ2n) is 4.34. The van der Waals surface area contributed by atoms with Gasteiger partial charge in [0.1, 0.15) is 11.9 Å². The Kier molecular flexibility index (Phi) is 4.52. The lowest BCUT2D eigenvalue weighted by molar-refractivity contribution is -0.124. The minimum absolute atomic E-state index is 0.0466. The normalized spacial score (nSPS) is 12.8. The van der Waals surface area contributed by atoms with Crippen molar-refractivity contribution in [2.24, 2.45) is 0 Å². The summed E-state index contributed by atoms with van der Waals surface area (Å²) in [7, 11) is 0. The van der Waals surface area contributed by atoms with E-state index < -0.39 is 0 Å². The fourth-order valence-electron chi connectivity index (χ4n) is 1.65. The fraction of sp³-hybridized carbons (Fsp3) is 0.667. The molecule has 4 nitrogen and oxygen atoms in total. The first kappa shape index (κ1) is 12.7. The molecule has 1 rings (SSSR count). The molecule has 0 spiro atoms. The van der Waals surface area contributed by atoms with Gasteiger partial charge in [0.15, 0.2) is 0 Å². The maximum atomic E-state index is 11.8. The molecule has 16 heavy (non-hydrogen) atoms. The number of carbonyl (C=O) groups is 1. The molecule has 0 aliphatic carbocycles. The van der Waals surface area contributed by atoms with E-state index in [2.05, 4.69) is 17.2 Å². The summed E-state index contributed by atoms with van der Waals surface area (Å²) in [5, 5.41) is 2.91. The summed E-state index contributed by atoms with van der Waals surface area (Å²) in [5.41, 5.74) is 0. The Morgan fingerprint density at radius 1 is 1.50 bits per heavy atom. The minimum atomic E-state index is -0.188. The Morgan fingerprint density at radius 2 is 2.19 bits per heavy atom. The van der Waals surface area contributed by atoms with Crippen LogP contribution < -0.4 is 5.32 Å². The summed E-state index contributed by atoms with van der Waals surface area (Å²) in [6, 6.07) is -0.0143. The molecule has 4 heteroatoms. The predicted molar refractivity (Wildman–Crippen MR) is 64.2 cm³/mol. The molecular formula is C12H21N3O. The number of amides is 1. The lowest BCUT2D eigenvalue weighted by Crippen LogP contribution is -2.36. The molecule has 1 unspecified atom stereocenters. The van der Waals surface area contributed by atoms with Crippen LogP contribution in [0.25, 0.3) is 0 Å². The van der Waals surface area contributed by atoms with Crippen molar-refractivity contribution in [1.82, 2.24) is 14.9 Å². The number of aryl methyl sites for hydroxylation is 1. The molecule has 1 amide bonds. The van der Waals surface area contributed by atoms with E-state index >= 15 is 0 Å². The molecule has 0 aliphatic rings. The van der Waals surface area contributed by atoms with E-state index in [0.717, 1.165) is 18.7 Å². The van der Waals surface area contributed by atoms with E-state index in [-0.39, 0.29) is 18.0 Å². The third-order valence-corrected chi connectivity index (χ3v) is 2.45. The fourth-order valence-corrected chi connectivity index (χ4v) is 1.65. The third kappa shape index (κ3) is 3.08. The maximum absolute atomic E-state index is 11.8. The van der Waals surface area contributed by atoms with Crippen molar-refractivity contribution in [1.29, 1.82) is 0 Å². The van der Waals surface area contributed by atoms with E-state index in [4.69, 9.17) is 0 Å². The van der Waals surface area contributed by atoms with Gasteiger partial charge in [-0.05, 0) is 27.2 Å². The van der Waals surface area contributed by atoms with Crippen LogP contribution in [0.15, 0.2) is 12.4 Å². The molecule has 1 heterocycles. The molecule has 1 aromatic rings. The number of nitrogens with one attached hydrogen (secondary N) is 1. The van der Waals surface area contributed by atoms with Crippen LogP contribution in [0.1, 0.15) is 46.0 Å². The van der Waals surface area contributed by atoms with Crippen molar-refractivity contribution in [3.05, 3.63) is 18.2 Å². The van der Waals surface area contributed by atoms with E-state index in [1.807, 2.05) is 31.5 Å². The van der Waals surface area contributed by atoms with Crippen LogP contribution in [0.4, 0.5) is 0 Å². The number of nitrogens with zero attached hydrogens (tertiary/aromatic N) is 2. The van der Waals surface area contributed by atoms with Gasteiger partial charge in [0.05, 0.1) is 0 Å². The van der Waals surface area contributed by atoms with Crippen LogP contribution >= 0.6 is 0 Å². The molecule has 1 aromatic heterocycles. The van der Waals surface area contributed by atoms with Crippen molar-refractivity contribution < 1.29 is 4.79 Å². The summed E-state index contributed by atoms with van der Waals surface area (Å²) in [4.78, 5) is 16.1. The summed E-state index contributed by atoms with van der Waals surface area (Å²) < 4.78 is 1.95. The van der Waals surface area contributed by atoms with Crippen LogP contribution in [-0.4, -0.2) is 21.5 Å². The highest BCUT2D eigenvalue weighted by atomic mass is 16.2. The van der Waals surface area contributed by atoms with Gasteiger partial charge in [0, 0.05) is 24.9 Å². The van der Waals surface area contributed by atoms with Gasteiger partial charge in [0.25, 0.3) is 0 Å². The Morgan fingerprint density at radius 3 is 2.75 bits per heavy atom. The van der Waals surface area contributed by atoms with Crippen molar-refractivity contribution >= 4 is 5.91 Å². The lowest BCUT2D eigenvalue weighted by Gasteiger charge is -2.17. The highest BCUT2D eigenvalue weighted by molar-refractivity contribution is 5.80. The zero-order valence-electron chi connectivity index (χ0n) is 10.5. The van der Waals surface area contributed by atoms with Gasteiger partial charge in [-0.15, -0.1) is 0 Å². The first-order chi connectivity index (χ1) is 7.56. The molecule has 0 saturated carbocycles. The second-order valence-corrected chi connectivity index (χ2v) is 4.34. The molecule has 0 bridgehead atoms. The van der Waals surface area contributed by atoms with Gasteiger partial charge in [-0.2, -0.15) is 0 Å². The summed E-state index contributed by atoms with van der Waals surface area (Å²) in [5.74, 6) is 1.03. The first-order valence-corrected chi connectivity index (χ1v) is 5.88. The van der Waals surface area contributed by atoms with Crippen LogP contribution in [-0.2, 0) is 11.2 Å². The average molecular weight is 223 g/mol. The second kappa shape index (κ2) is 5.68. The van der Waals surface area contributed by atoms with Gasteiger partial charge in [-0.1, -0.05) is 6.92 Å². The van der Waals surface area contributed by atoms with Gasteiger partial charge in [0.2, 0.25) is 5.91 Å². The molecule has 0 aliphatic heterocycles. The molecule has 0 radical (unpaired) electrons. The van der Waals surface area contributed by atoms with Crippen molar-refractivity contribution in [2.45, 2.75) is 52.6 Å². The minimum Gasteiger partial charge on any atom is -0.352 e. The molecule has 90 valence electrons. The maximum Gasteiger partial charge on any atom is 0.243 e. The molecule has 0 fully saturated rings.